The van der Waals surface area contributed by atoms with Gasteiger partial charge in [-0.2, -0.15) is 0 Å². The Morgan fingerprint density at radius 1 is 1.08 bits per heavy atom. The number of nitrogens with zero attached hydrogens (tertiary/aromatic N) is 1. The lowest BCUT2D eigenvalue weighted by atomic mass is 9.88. The number of nitrogens with one attached hydrogen (secondary N) is 2. The van der Waals surface area contributed by atoms with Crippen molar-refractivity contribution < 1.29 is 13.2 Å². The molecule has 1 heterocycles. The highest BCUT2D eigenvalue weighted by Crippen LogP contribution is 2.38. The summed E-state index contributed by atoms with van der Waals surface area (Å²) in [4.78, 5) is 16.6. The molecule has 3 rings (SSSR count). The van der Waals surface area contributed by atoms with Gasteiger partial charge in [0.2, 0.25) is 0 Å². The van der Waals surface area contributed by atoms with Crippen molar-refractivity contribution in [3.05, 3.63) is 59.8 Å². The molecule has 2 aromatic rings. The van der Waals surface area contributed by atoms with E-state index in [0.717, 1.165) is 31.2 Å². The second kappa shape index (κ2) is 6.93. The zero-order valence-electron chi connectivity index (χ0n) is 14.0. The molecule has 25 heavy (non-hydrogen) atoms. The fourth-order valence-electron chi connectivity index (χ4n) is 3.29. The van der Waals surface area contributed by atoms with Crippen molar-refractivity contribution in [1.82, 2.24) is 15.0 Å². The lowest BCUT2D eigenvalue weighted by molar-refractivity contribution is 0.0897. The summed E-state index contributed by atoms with van der Waals surface area (Å²) in [6.45, 7) is 0. The minimum atomic E-state index is -3.61. The van der Waals surface area contributed by atoms with Crippen molar-refractivity contribution in [3.8, 4) is 0 Å². The Morgan fingerprint density at radius 2 is 1.76 bits per heavy atom. The summed E-state index contributed by atoms with van der Waals surface area (Å²) < 4.78 is 25.6. The van der Waals surface area contributed by atoms with Gasteiger partial charge in [0.15, 0.2) is 5.03 Å². The van der Waals surface area contributed by atoms with Crippen LogP contribution in [0.4, 0.5) is 0 Å². The molecule has 1 amide bonds. The maximum atomic E-state index is 12.7. The number of hydrogen-bond acceptors (Lipinski definition) is 4. The molecule has 1 aliphatic carbocycles. The minimum absolute atomic E-state index is 0.106. The molecule has 0 saturated heterocycles. The van der Waals surface area contributed by atoms with E-state index in [2.05, 4.69) is 15.0 Å². The number of carbonyl (C=O) groups is 1. The summed E-state index contributed by atoms with van der Waals surface area (Å²) in [7, 11) is -2.29. The highest BCUT2D eigenvalue weighted by Gasteiger charge is 2.37. The molecule has 0 radical (unpaired) electrons. The molecular weight excluding hydrogens is 338 g/mol. The molecule has 1 aliphatic rings. The lowest BCUT2D eigenvalue weighted by Crippen LogP contribution is -2.43. The van der Waals surface area contributed by atoms with Crippen LogP contribution in [0.1, 0.15) is 41.6 Å². The molecule has 0 aliphatic heterocycles. The first-order valence-electron chi connectivity index (χ1n) is 8.24. The van der Waals surface area contributed by atoms with Crippen LogP contribution < -0.4 is 10.0 Å². The van der Waals surface area contributed by atoms with E-state index in [1.807, 2.05) is 30.3 Å². The van der Waals surface area contributed by atoms with Gasteiger partial charge in [0.05, 0.1) is 11.1 Å². The second-order valence-corrected chi connectivity index (χ2v) is 8.04. The van der Waals surface area contributed by atoms with E-state index in [1.54, 1.807) is 0 Å². The van der Waals surface area contributed by atoms with Crippen molar-refractivity contribution >= 4 is 15.9 Å². The highest BCUT2D eigenvalue weighted by atomic mass is 32.2. The standard InChI is InChI=1S/C18H21N3O3S/c1-19-25(23,24)16-10-9-14(13-20-16)17(22)21-18(11-5-6-12-18)15-7-3-2-4-8-15/h2-4,7-10,13,19H,5-6,11-12H2,1H3,(H,21,22). The zero-order chi connectivity index (χ0) is 17.9. The molecule has 6 nitrogen and oxygen atoms in total. The van der Waals surface area contributed by atoms with Gasteiger partial charge in [-0.1, -0.05) is 43.2 Å². The number of carbonyl (C=O) groups excluding carboxylic acids is 1. The maximum absolute atomic E-state index is 12.7. The third-order valence-electron chi connectivity index (χ3n) is 4.68. The molecule has 1 fully saturated rings. The Labute approximate surface area is 147 Å². The molecule has 2 N–H and O–H groups in total. The average molecular weight is 359 g/mol. The van der Waals surface area contributed by atoms with Gasteiger partial charge in [-0.05, 0) is 37.6 Å². The largest absolute Gasteiger partial charge is 0.342 e. The van der Waals surface area contributed by atoms with E-state index in [0.29, 0.717) is 5.56 Å². The number of sulfonamides is 1. The van der Waals surface area contributed by atoms with Crippen LogP contribution in [0.15, 0.2) is 53.7 Å². The molecule has 0 unspecified atom stereocenters. The average Bonchev–Trinajstić information content (AvgIpc) is 3.12. The molecule has 132 valence electrons. The number of amides is 1. The predicted octanol–water partition coefficient (Wildman–Crippen LogP) is 2.19. The van der Waals surface area contributed by atoms with Gasteiger partial charge in [0, 0.05) is 6.20 Å². The van der Waals surface area contributed by atoms with Gasteiger partial charge in [-0.25, -0.2) is 18.1 Å². The molecule has 0 bridgehead atoms. The summed E-state index contributed by atoms with van der Waals surface area (Å²) in [5, 5.41) is 3.05. The van der Waals surface area contributed by atoms with E-state index in [1.165, 1.54) is 25.4 Å². The van der Waals surface area contributed by atoms with Crippen LogP contribution in [0.3, 0.4) is 0 Å². The van der Waals surface area contributed by atoms with Gasteiger partial charge in [-0.15, -0.1) is 0 Å². The molecular formula is C18H21N3O3S. The summed E-state index contributed by atoms with van der Waals surface area (Å²) in [6, 6.07) is 12.8. The van der Waals surface area contributed by atoms with E-state index < -0.39 is 10.0 Å². The molecule has 1 aromatic heterocycles. The van der Waals surface area contributed by atoms with Crippen LogP contribution in [0.2, 0.25) is 0 Å². The second-order valence-electron chi connectivity index (χ2n) is 6.20. The Bertz CT molecular complexity index is 843. The maximum Gasteiger partial charge on any atom is 0.257 e. The van der Waals surface area contributed by atoms with Crippen molar-refractivity contribution in [3.63, 3.8) is 0 Å². The van der Waals surface area contributed by atoms with Gasteiger partial charge < -0.3 is 5.32 Å². The number of pyridine rings is 1. The quantitative estimate of drug-likeness (QED) is 0.856. The van der Waals surface area contributed by atoms with Crippen molar-refractivity contribution in [2.45, 2.75) is 36.2 Å². The first-order chi connectivity index (χ1) is 12.0. The molecule has 0 spiro atoms. The Balaban J connectivity index is 1.83. The van der Waals surface area contributed by atoms with Crippen LogP contribution >= 0.6 is 0 Å². The number of rotatable bonds is 5. The minimum Gasteiger partial charge on any atom is -0.342 e. The summed E-state index contributed by atoms with van der Waals surface area (Å²) >= 11 is 0. The first kappa shape index (κ1) is 17.6. The van der Waals surface area contributed by atoms with Crippen LogP contribution in [-0.2, 0) is 15.6 Å². The fourth-order valence-corrected chi connectivity index (χ4v) is 3.94. The Kier molecular flexibility index (Phi) is 4.87. The SMILES string of the molecule is CNS(=O)(=O)c1ccc(C(=O)NC2(c3ccccc3)CCCC2)cn1. The van der Waals surface area contributed by atoms with Crippen LogP contribution in [0, 0.1) is 0 Å². The van der Waals surface area contributed by atoms with Crippen molar-refractivity contribution in [1.29, 1.82) is 0 Å². The van der Waals surface area contributed by atoms with E-state index in [-0.39, 0.29) is 16.5 Å². The zero-order valence-corrected chi connectivity index (χ0v) is 14.8. The van der Waals surface area contributed by atoms with E-state index >= 15 is 0 Å². The Hall–Kier alpha value is -2.25. The van der Waals surface area contributed by atoms with Gasteiger partial charge >= 0.3 is 0 Å². The van der Waals surface area contributed by atoms with Crippen LogP contribution in [0.5, 0.6) is 0 Å². The van der Waals surface area contributed by atoms with E-state index in [9.17, 15) is 13.2 Å². The monoisotopic (exact) mass is 359 g/mol. The normalized spacial score (nSPS) is 16.5. The summed E-state index contributed by atoms with van der Waals surface area (Å²) in [6.07, 6.45) is 5.21. The van der Waals surface area contributed by atoms with Crippen LogP contribution in [0.25, 0.3) is 0 Å². The molecule has 0 atom stereocenters. The summed E-state index contributed by atoms with van der Waals surface area (Å²) in [5.74, 6) is -0.244. The van der Waals surface area contributed by atoms with Gasteiger partial charge in [0.25, 0.3) is 15.9 Å². The number of benzene rings is 1. The molecule has 1 aromatic carbocycles. The predicted molar refractivity (Wildman–Crippen MR) is 94.5 cm³/mol. The summed E-state index contributed by atoms with van der Waals surface area (Å²) in [5.41, 5.74) is 1.08. The number of hydrogen-bond donors (Lipinski definition) is 2. The highest BCUT2D eigenvalue weighted by molar-refractivity contribution is 7.89. The molecule has 7 heteroatoms. The van der Waals surface area contributed by atoms with Crippen molar-refractivity contribution in [2.75, 3.05) is 7.05 Å². The van der Waals surface area contributed by atoms with Gasteiger partial charge in [-0.3, -0.25) is 4.79 Å². The Morgan fingerprint density at radius 3 is 2.32 bits per heavy atom. The van der Waals surface area contributed by atoms with Gasteiger partial charge in [0.1, 0.15) is 0 Å². The van der Waals surface area contributed by atoms with Crippen LogP contribution in [-0.4, -0.2) is 26.4 Å². The third kappa shape index (κ3) is 3.57. The first-order valence-corrected chi connectivity index (χ1v) is 9.73. The smallest absolute Gasteiger partial charge is 0.257 e. The van der Waals surface area contributed by atoms with E-state index in [4.69, 9.17) is 0 Å². The topological polar surface area (TPSA) is 88.2 Å². The lowest BCUT2D eigenvalue weighted by Gasteiger charge is -2.31. The third-order valence-corrected chi connectivity index (χ3v) is 6.01. The van der Waals surface area contributed by atoms with Crippen molar-refractivity contribution in [2.24, 2.45) is 0 Å². The fraction of sp³-hybridized carbons (Fsp3) is 0.333. The number of aromatic nitrogens is 1. The molecule has 1 saturated carbocycles.